The number of aliphatic hydroxyl groups is 1. The Morgan fingerprint density at radius 3 is 2.44 bits per heavy atom. The standard InChI is InChI=1S/C26H16F2N2O5S/c27-15-4-1-13(2-5-15)22-21(23(31)14-3-8-18-19(11-14)35-10-9-34-18)24(32)25(33)30(22)26-29-17-7-6-16(28)12-20(17)36-26/h1-8,11-12,22,31H,9-10H2/b23-21+. The minimum absolute atomic E-state index is 0.147. The molecule has 36 heavy (non-hydrogen) atoms. The molecule has 1 fully saturated rings. The van der Waals surface area contributed by atoms with Gasteiger partial charge in [-0.2, -0.15) is 0 Å². The molecule has 10 heteroatoms. The largest absolute Gasteiger partial charge is 0.507 e. The van der Waals surface area contributed by atoms with E-state index in [2.05, 4.69) is 4.98 Å². The Labute approximate surface area is 206 Å². The molecular weight excluding hydrogens is 490 g/mol. The van der Waals surface area contributed by atoms with Crippen LogP contribution in [0.1, 0.15) is 17.2 Å². The number of halogens is 2. The van der Waals surface area contributed by atoms with Crippen molar-refractivity contribution in [3.8, 4) is 11.5 Å². The second-order valence-electron chi connectivity index (χ2n) is 8.19. The molecule has 0 spiro atoms. The molecule has 1 saturated heterocycles. The number of fused-ring (bicyclic) bond motifs is 2. The Kier molecular flexibility index (Phi) is 5.18. The van der Waals surface area contributed by atoms with Gasteiger partial charge in [0.25, 0.3) is 5.78 Å². The third kappa shape index (κ3) is 3.57. The lowest BCUT2D eigenvalue weighted by Crippen LogP contribution is -2.29. The van der Waals surface area contributed by atoms with Crippen molar-refractivity contribution in [2.24, 2.45) is 0 Å². The molecular formula is C26H16F2N2O5S. The van der Waals surface area contributed by atoms with Gasteiger partial charge >= 0.3 is 5.91 Å². The fraction of sp³-hybridized carbons (Fsp3) is 0.115. The second kappa shape index (κ2) is 8.42. The number of Topliss-reactive ketones (excluding diaryl/α,β-unsaturated/α-hetero) is 1. The van der Waals surface area contributed by atoms with Gasteiger partial charge in [-0.05, 0) is 54.1 Å². The summed E-state index contributed by atoms with van der Waals surface area (Å²) in [6.07, 6.45) is 0. The van der Waals surface area contributed by atoms with Crippen LogP contribution in [0.15, 0.2) is 66.2 Å². The predicted molar refractivity (Wildman–Crippen MR) is 128 cm³/mol. The molecule has 3 aromatic carbocycles. The number of rotatable bonds is 3. The van der Waals surface area contributed by atoms with Gasteiger partial charge in [0.15, 0.2) is 16.6 Å². The lowest BCUT2D eigenvalue weighted by Gasteiger charge is -2.23. The summed E-state index contributed by atoms with van der Waals surface area (Å²) >= 11 is 1.03. The van der Waals surface area contributed by atoms with E-state index in [0.717, 1.165) is 16.2 Å². The summed E-state index contributed by atoms with van der Waals surface area (Å²) in [6, 6.07) is 12.9. The molecule has 0 saturated carbocycles. The molecule has 180 valence electrons. The van der Waals surface area contributed by atoms with Crippen molar-refractivity contribution in [1.29, 1.82) is 0 Å². The van der Waals surface area contributed by atoms with E-state index in [1.54, 1.807) is 12.1 Å². The molecule has 1 aromatic heterocycles. The highest BCUT2D eigenvalue weighted by Gasteiger charge is 2.48. The number of carbonyl (C=O) groups excluding carboxylic acids is 2. The maximum absolute atomic E-state index is 13.8. The maximum Gasteiger partial charge on any atom is 0.301 e. The normalized spacial score (nSPS) is 18.7. The zero-order chi connectivity index (χ0) is 25.0. The van der Waals surface area contributed by atoms with Crippen molar-refractivity contribution in [3.05, 3.63) is 89.0 Å². The molecule has 4 aromatic rings. The van der Waals surface area contributed by atoms with Crippen LogP contribution in [-0.4, -0.2) is 35.0 Å². The summed E-state index contributed by atoms with van der Waals surface area (Å²) in [5.41, 5.74) is 0.896. The first-order valence-electron chi connectivity index (χ1n) is 10.9. The van der Waals surface area contributed by atoms with E-state index < -0.39 is 35.1 Å². The van der Waals surface area contributed by atoms with E-state index in [9.17, 15) is 23.5 Å². The predicted octanol–water partition coefficient (Wildman–Crippen LogP) is 4.97. The topological polar surface area (TPSA) is 89.0 Å². The fourth-order valence-electron chi connectivity index (χ4n) is 4.33. The van der Waals surface area contributed by atoms with Gasteiger partial charge in [0.05, 0.1) is 21.8 Å². The van der Waals surface area contributed by atoms with Crippen LogP contribution >= 0.6 is 11.3 Å². The van der Waals surface area contributed by atoms with Gasteiger partial charge in [-0.25, -0.2) is 13.8 Å². The average molecular weight is 506 g/mol. The van der Waals surface area contributed by atoms with Crippen LogP contribution < -0.4 is 14.4 Å². The highest BCUT2D eigenvalue weighted by atomic mass is 32.1. The molecule has 2 aliphatic rings. The average Bonchev–Trinajstić information content (AvgIpc) is 3.41. The van der Waals surface area contributed by atoms with Gasteiger partial charge in [-0.1, -0.05) is 23.5 Å². The van der Waals surface area contributed by atoms with E-state index in [1.165, 1.54) is 48.5 Å². The molecule has 1 amide bonds. The number of nitrogens with zero attached hydrogens (tertiary/aromatic N) is 2. The van der Waals surface area contributed by atoms with Crippen molar-refractivity contribution >= 4 is 44.1 Å². The third-order valence-electron chi connectivity index (χ3n) is 5.99. The van der Waals surface area contributed by atoms with Crippen molar-refractivity contribution in [3.63, 3.8) is 0 Å². The van der Waals surface area contributed by atoms with Gasteiger partial charge in [0.2, 0.25) is 0 Å². The van der Waals surface area contributed by atoms with Crippen molar-refractivity contribution in [2.45, 2.75) is 6.04 Å². The number of hydrogen-bond acceptors (Lipinski definition) is 7. The summed E-state index contributed by atoms with van der Waals surface area (Å²) < 4.78 is 39.1. The third-order valence-corrected chi connectivity index (χ3v) is 7.01. The first kappa shape index (κ1) is 22.2. The number of ether oxygens (including phenoxy) is 2. The first-order chi connectivity index (χ1) is 17.4. The molecule has 0 radical (unpaired) electrons. The molecule has 0 bridgehead atoms. The van der Waals surface area contributed by atoms with Crippen LogP contribution in [0.3, 0.4) is 0 Å². The summed E-state index contributed by atoms with van der Waals surface area (Å²) in [6.45, 7) is 0.718. The van der Waals surface area contributed by atoms with Crippen molar-refractivity contribution in [1.82, 2.24) is 4.98 Å². The molecule has 1 N–H and O–H groups in total. The van der Waals surface area contributed by atoms with Crippen LogP contribution in [0.4, 0.5) is 13.9 Å². The van der Waals surface area contributed by atoms with Crippen LogP contribution in [0.2, 0.25) is 0 Å². The zero-order valence-corrected chi connectivity index (χ0v) is 19.2. The smallest absolute Gasteiger partial charge is 0.301 e. The SMILES string of the molecule is O=C1C(=O)N(c2nc3ccc(F)cc3s2)C(c2ccc(F)cc2)/C1=C(\O)c1ccc2c(c1)OCCO2. The minimum atomic E-state index is -1.09. The molecule has 6 rings (SSSR count). The van der Waals surface area contributed by atoms with Crippen LogP contribution in [0.5, 0.6) is 11.5 Å². The summed E-state index contributed by atoms with van der Waals surface area (Å²) in [7, 11) is 0. The Morgan fingerprint density at radius 1 is 0.944 bits per heavy atom. The number of ketones is 1. The summed E-state index contributed by atoms with van der Waals surface area (Å²) in [5.74, 6) is -2.34. The lowest BCUT2D eigenvalue weighted by atomic mass is 9.95. The number of anilines is 1. The van der Waals surface area contributed by atoms with E-state index in [1.807, 2.05) is 0 Å². The first-order valence-corrected chi connectivity index (χ1v) is 11.7. The van der Waals surface area contributed by atoms with Gasteiger partial charge < -0.3 is 14.6 Å². The van der Waals surface area contributed by atoms with E-state index in [0.29, 0.717) is 40.5 Å². The van der Waals surface area contributed by atoms with Gasteiger partial charge in [-0.15, -0.1) is 0 Å². The van der Waals surface area contributed by atoms with Crippen LogP contribution in [-0.2, 0) is 9.59 Å². The van der Waals surface area contributed by atoms with Gasteiger partial charge in [0.1, 0.15) is 30.6 Å². The molecule has 7 nitrogen and oxygen atoms in total. The monoisotopic (exact) mass is 506 g/mol. The highest BCUT2D eigenvalue weighted by molar-refractivity contribution is 7.22. The number of aliphatic hydroxyl groups excluding tert-OH is 1. The Morgan fingerprint density at radius 2 is 1.67 bits per heavy atom. The number of carbonyl (C=O) groups is 2. The van der Waals surface area contributed by atoms with Crippen molar-refractivity contribution < 1.29 is 33.0 Å². The molecule has 1 unspecified atom stereocenters. The van der Waals surface area contributed by atoms with E-state index in [4.69, 9.17) is 9.47 Å². The van der Waals surface area contributed by atoms with Crippen LogP contribution in [0, 0.1) is 11.6 Å². The second-order valence-corrected chi connectivity index (χ2v) is 9.20. The van der Waals surface area contributed by atoms with Crippen molar-refractivity contribution in [2.75, 3.05) is 18.1 Å². The highest BCUT2D eigenvalue weighted by Crippen LogP contribution is 2.45. The lowest BCUT2D eigenvalue weighted by molar-refractivity contribution is -0.132. The van der Waals surface area contributed by atoms with E-state index in [-0.39, 0.29) is 16.3 Å². The fourth-order valence-corrected chi connectivity index (χ4v) is 5.34. The molecule has 3 heterocycles. The molecule has 2 aliphatic heterocycles. The number of aromatic nitrogens is 1. The quantitative estimate of drug-likeness (QED) is 0.240. The summed E-state index contributed by atoms with van der Waals surface area (Å²) in [5, 5.41) is 11.4. The number of thiazole rings is 1. The van der Waals surface area contributed by atoms with Gasteiger partial charge in [-0.3, -0.25) is 14.5 Å². The Hall–Kier alpha value is -4.31. The minimum Gasteiger partial charge on any atom is -0.507 e. The molecule has 1 atom stereocenters. The van der Waals surface area contributed by atoms with Gasteiger partial charge in [0, 0.05) is 5.56 Å². The van der Waals surface area contributed by atoms with E-state index >= 15 is 0 Å². The molecule has 0 aliphatic carbocycles. The maximum atomic E-state index is 13.8. The Balaban J connectivity index is 1.54. The van der Waals surface area contributed by atoms with Crippen LogP contribution in [0.25, 0.3) is 16.0 Å². The zero-order valence-electron chi connectivity index (χ0n) is 18.4. The number of hydrogen-bond donors (Lipinski definition) is 1. The summed E-state index contributed by atoms with van der Waals surface area (Å²) in [4.78, 5) is 32.2. The number of amides is 1. The Bertz CT molecular complexity index is 1580. The number of benzene rings is 3.